The Hall–Kier alpha value is -0.370. The molecule has 0 saturated heterocycles. The molecule has 11 heavy (non-hydrogen) atoms. The van der Waals surface area contributed by atoms with Crippen molar-refractivity contribution in [3.05, 3.63) is 11.9 Å². The molecule has 0 spiro atoms. The van der Waals surface area contributed by atoms with Crippen molar-refractivity contribution < 1.29 is 4.39 Å². The second kappa shape index (κ2) is 3.86. The largest absolute Gasteiger partial charge is 0.294 e. The third-order valence-corrected chi connectivity index (χ3v) is 2.35. The highest BCUT2D eigenvalue weighted by Gasteiger charge is 2.16. The fourth-order valence-corrected chi connectivity index (χ4v) is 1.36. The Labute approximate surface area is 67.9 Å². The molecular weight excluding hydrogens is 141 g/mol. The Bertz CT molecular complexity index is 154. The summed E-state index contributed by atoms with van der Waals surface area (Å²) < 4.78 is 12.7. The molecule has 0 radical (unpaired) electrons. The third-order valence-electron chi connectivity index (χ3n) is 2.35. The zero-order valence-corrected chi connectivity index (χ0v) is 7.31. The molecule has 1 unspecified atom stereocenters. The maximum absolute atomic E-state index is 12.7. The molecule has 0 N–H and O–H groups in total. The standard InChI is InChI=1S/C9H16FN/c1-3-8(2)11-6-4-5-9(10)7-11/h5,8H,3-4,6-7H2,1-2H3. The van der Waals surface area contributed by atoms with Gasteiger partial charge in [-0.25, -0.2) is 4.39 Å². The van der Waals surface area contributed by atoms with Crippen LogP contribution in [0.4, 0.5) is 4.39 Å². The molecule has 0 aromatic carbocycles. The molecular formula is C9H16FN. The first kappa shape index (κ1) is 8.72. The average molecular weight is 157 g/mol. The molecule has 1 heterocycles. The van der Waals surface area contributed by atoms with Crippen molar-refractivity contribution in [2.24, 2.45) is 0 Å². The number of halogens is 1. The van der Waals surface area contributed by atoms with E-state index in [9.17, 15) is 4.39 Å². The molecule has 0 bridgehead atoms. The summed E-state index contributed by atoms with van der Waals surface area (Å²) in [6.45, 7) is 5.83. The van der Waals surface area contributed by atoms with Gasteiger partial charge in [0.25, 0.3) is 0 Å². The number of hydrogen-bond acceptors (Lipinski definition) is 1. The molecule has 64 valence electrons. The minimum atomic E-state index is 0.0385. The molecule has 1 aliphatic rings. The lowest BCUT2D eigenvalue weighted by atomic mass is 10.1. The zero-order valence-electron chi connectivity index (χ0n) is 7.31. The zero-order chi connectivity index (χ0) is 8.27. The predicted octanol–water partition coefficient (Wildman–Crippen LogP) is 2.34. The van der Waals surface area contributed by atoms with Crippen molar-refractivity contribution in [2.75, 3.05) is 13.1 Å². The van der Waals surface area contributed by atoms with Crippen LogP contribution in [-0.2, 0) is 0 Å². The molecule has 1 nitrogen and oxygen atoms in total. The predicted molar refractivity (Wildman–Crippen MR) is 45.1 cm³/mol. The highest BCUT2D eigenvalue weighted by molar-refractivity contribution is 4.99. The van der Waals surface area contributed by atoms with Crippen LogP contribution in [0.15, 0.2) is 11.9 Å². The highest BCUT2D eigenvalue weighted by atomic mass is 19.1. The maximum atomic E-state index is 12.7. The normalized spacial score (nSPS) is 23.0. The van der Waals surface area contributed by atoms with Crippen molar-refractivity contribution in [1.29, 1.82) is 0 Å². The summed E-state index contributed by atoms with van der Waals surface area (Å²) in [6.07, 6.45) is 3.67. The van der Waals surface area contributed by atoms with Gasteiger partial charge in [0.2, 0.25) is 0 Å². The summed E-state index contributed by atoms with van der Waals surface area (Å²) in [6, 6.07) is 0.523. The third kappa shape index (κ3) is 2.29. The quantitative estimate of drug-likeness (QED) is 0.594. The molecule has 1 atom stereocenters. The Kier molecular flexibility index (Phi) is 3.06. The van der Waals surface area contributed by atoms with E-state index in [0.717, 1.165) is 19.4 Å². The average Bonchev–Trinajstić information content (AvgIpc) is 2.03. The molecule has 0 aromatic heterocycles. The minimum absolute atomic E-state index is 0.0385. The first-order valence-corrected chi connectivity index (χ1v) is 4.32. The van der Waals surface area contributed by atoms with Crippen LogP contribution in [0.25, 0.3) is 0 Å². The molecule has 0 amide bonds. The molecule has 0 saturated carbocycles. The molecule has 1 rings (SSSR count). The van der Waals surface area contributed by atoms with E-state index in [1.165, 1.54) is 0 Å². The van der Waals surface area contributed by atoms with E-state index < -0.39 is 0 Å². The second-order valence-electron chi connectivity index (χ2n) is 3.17. The van der Waals surface area contributed by atoms with E-state index in [0.29, 0.717) is 12.6 Å². The number of rotatable bonds is 2. The summed E-state index contributed by atoms with van der Waals surface area (Å²) in [5.74, 6) is 0.0385. The van der Waals surface area contributed by atoms with Gasteiger partial charge in [-0.15, -0.1) is 0 Å². The van der Waals surface area contributed by atoms with Gasteiger partial charge < -0.3 is 0 Å². The van der Waals surface area contributed by atoms with Crippen LogP contribution >= 0.6 is 0 Å². The second-order valence-corrected chi connectivity index (χ2v) is 3.17. The molecule has 1 aliphatic heterocycles. The molecule has 0 fully saturated rings. The lowest BCUT2D eigenvalue weighted by Crippen LogP contribution is -2.36. The van der Waals surface area contributed by atoms with Crippen LogP contribution in [0.2, 0.25) is 0 Å². The van der Waals surface area contributed by atoms with Gasteiger partial charge in [0, 0.05) is 12.6 Å². The minimum Gasteiger partial charge on any atom is -0.294 e. The van der Waals surface area contributed by atoms with E-state index in [4.69, 9.17) is 0 Å². The van der Waals surface area contributed by atoms with Crippen molar-refractivity contribution in [3.8, 4) is 0 Å². The van der Waals surface area contributed by atoms with E-state index in [1.807, 2.05) is 0 Å². The van der Waals surface area contributed by atoms with Gasteiger partial charge in [-0.2, -0.15) is 0 Å². The molecule has 0 aromatic rings. The van der Waals surface area contributed by atoms with E-state index >= 15 is 0 Å². The van der Waals surface area contributed by atoms with Gasteiger partial charge in [0.15, 0.2) is 0 Å². The van der Waals surface area contributed by atoms with Gasteiger partial charge in [-0.1, -0.05) is 13.0 Å². The van der Waals surface area contributed by atoms with Crippen molar-refractivity contribution in [2.45, 2.75) is 32.7 Å². The first-order valence-electron chi connectivity index (χ1n) is 4.32. The first-order chi connectivity index (χ1) is 5.24. The summed E-state index contributed by atoms with van der Waals surface area (Å²) in [5.41, 5.74) is 0. The number of hydrogen-bond donors (Lipinski definition) is 0. The van der Waals surface area contributed by atoms with E-state index in [1.54, 1.807) is 6.08 Å². The van der Waals surface area contributed by atoms with Crippen molar-refractivity contribution in [1.82, 2.24) is 4.90 Å². The van der Waals surface area contributed by atoms with Gasteiger partial charge in [-0.05, 0) is 19.8 Å². The van der Waals surface area contributed by atoms with Gasteiger partial charge in [0.05, 0.1) is 6.54 Å². The fraction of sp³-hybridized carbons (Fsp3) is 0.778. The fourth-order valence-electron chi connectivity index (χ4n) is 1.36. The van der Waals surface area contributed by atoms with E-state index in [-0.39, 0.29) is 5.83 Å². The lowest BCUT2D eigenvalue weighted by Gasteiger charge is -2.29. The molecule has 2 heteroatoms. The van der Waals surface area contributed by atoms with Crippen LogP contribution in [0.3, 0.4) is 0 Å². The van der Waals surface area contributed by atoms with Crippen molar-refractivity contribution in [3.63, 3.8) is 0 Å². The SMILES string of the molecule is CCC(C)N1CCC=C(F)C1. The Morgan fingerprint density at radius 1 is 1.73 bits per heavy atom. The molecule has 0 aliphatic carbocycles. The monoisotopic (exact) mass is 157 g/mol. The van der Waals surface area contributed by atoms with Crippen molar-refractivity contribution >= 4 is 0 Å². The van der Waals surface area contributed by atoms with E-state index in [2.05, 4.69) is 18.7 Å². The highest BCUT2D eigenvalue weighted by Crippen LogP contribution is 2.14. The topological polar surface area (TPSA) is 3.24 Å². The summed E-state index contributed by atoms with van der Waals surface area (Å²) in [5, 5.41) is 0. The van der Waals surface area contributed by atoms with Gasteiger partial charge in [0.1, 0.15) is 5.83 Å². The van der Waals surface area contributed by atoms with Crippen LogP contribution < -0.4 is 0 Å². The summed E-state index contributed by atoms with van der Waals surface area (Å²) >= 11 is 0. The van der Waals surface area contributed by atoms with Crippen LogP contribution in [0.5, 0.6) is 0 Å². The van der Waals surface area contributed by atoms with Gasteiger partial charge in [-0.3, -0.25) is 4.90 Å². The van der Waals surface area contributed by atoms with Crippen LogP contribution in [0, 0.1) is 0 Å². The Morgan fingerprint density at radius 3 is 3.00 bits per heavy atom. The van der Waals surface area contributed by atoms with Crippen LogP contribution in [-0.4, -0.2) is 24.0 Å². The van der Waals surface area contributed by atoms with Gasteiger partial charge >= 0.3 is 0 Å². The van der Waals surface area contributed by atoms with Crippen LogP contribution in [0.1, 0.15) is 26.7 Å². The Balaban J connectivity index is 2.43. The Morgan fingerprint density at radius 2 is 2.45 bits per heavy atom. The smallest absolute Gasteiger partial charge is 0.110 e. The lowest BCUT2D eigenvalue weighted by molar-refractivity contribution is 0.201. The maximum Gasteiger partial charge on any atom is 0.110 e. The summed E-state index contributed by atoms with van der Waals surface area (Å²) in [7, 11) is 0. The summed E-state index contributed by atoms with van der Waals surface area (Å²) in [4.78, 5) is 2.19. The number of nitrogens with zero attached hydrogens (tertiary/aromatic N) is 1.